The van der Waals surface area contributed by atoms with Gasteiger partial charge >= 0.3 is 0 Å². The van der Waals surface area contributed by atoms with Gasteiger partial charge in [-0.3, -0.25) is 0 Å². The molecule has 1 aliphatic rings. The number of aryl methyl sites for hydroxylation is 2. The average molecular weight is 308 g/mol. The molecule has 0 amide bonds. The fourth-order valence-corrected chi connectivity index (χ4v) is 3.20. The van der Waals surface area contributed by atoms with Crippen LogP contribution in [0.1, 0.15) is 33.4 Å². The predicted octanol–water partition coefficient (Wildman–Crippen LogP) is 6.40. The van der Waals surface area contributed by atoms with Crippen molar-refractivity contribution in [3.05, 3.63) is 106 Å². The van der Waals surface area contributed by atoms with Crippen molar-refractivity contribution in [3.8, 4) is 0 Å². The lowest BCUT2D eigenvalue weighted by Crippen LogP contribution is -1.87. The third-order valence-electron chi connectivity index (χ3n) is 4.59. The van der Waals surface area contributed by atoms with Crippen molar-refractivity contribution in [1.82, 2.24) is 0 Å². The second-order valence-electron chi connectivity index (χ2n) is 6.48. The summed E-state index contributed by atoms with van der Waals surface area (Å²) in [6, 6.07) is 26.2. The van der Waals surface area contributed by atoms with Crippen LogP contribution in [0.4, 0.5) is 0 Å². The Hall–Kier alpha value is -2.86. The topological polar surface area (TPSA) is 0 Å². The van der Waals surface area contributed by atoms with Crippen LogP contribution in [0.2, 0.25) is 0 Å². The fraction of sp³-hybridized carbons (Fsp3) is 0.0833. The van der Waals surface area contributed by atoms with Crippen LogP contribution in [0.15, 0.2) is 72.8 Å². The molecule has 0 heteroatoms. The minimum absolute atomic E-state index is 1.24. The number of allylic oxidation sites excluding steroid dienone is 2. The van der Waals surface area contributed by atoms with Crippen LogP contribution < -0.4 is 0 Å². The molecule has 24 heavy (non-hydrogen) atoms. The molecule has 3 aromatic carbocycles. The summed E-state index contributed by atoms with van der Waals surface area (Å²) in [5.74, 6) is 0. The molecule has 0 nitrogen and oxygen atoms in total. The molecule has 3 aromatic rings. The van der Waals surface area contributed by atoms with Crippen molar-refractivity contribution >= 4 is 23.3 Å². The van der Waals surface area contributed by atoms with Gasteiger partial charge in [-0.2, -0.15) is 0 Å². The van der Waals surface area contributed by atoms with E-state index in [2.05, 4.69) is 98.8 Å². The monoisotopic (exact) mass is 308 g/mol. The normalized spacial score (nSPS) is 14.6. The molecule has 0 unspecified atom stereocenters. The quantitative estimate of drug-likeness (QED) is 0.514. The van der Waals surface area contributed by atoms with E-state index < -0.39 is 0 Å². The number of benzene rings is 3. The maximum absolute atomic E-state index is 2.31. The molecule has 0 aliphatic heterocycles. The van der Waals surface area contributed by atoms with Crippen LogP contribution in [0.3, 0.4) is 0 Å². The highest BCUT2D eigenvalue weighted by Gasteiger charge is 2.19. The highest BCUT2D eigenvalue weighted by Crippen LogP contribution is 2.42. The second-order valence-corrected chi connectivity index (χ2v) is 6.48. The van der Waals surface area contributed by atoms with Crippen LogP contribution in [0.25, 0.3) is 23.3 Å². The van der Waals surface area contributed by atoms with Crippen molar-refractivity contribution in [2.45, 2.75) is 13.8 Å². The standard InChI is InChI=1S/C24H20/c1-17-7-11-19(12-8-17)15-24-22-6-4-3-5-21(22)16-23(24)20-13-9-18(2)10-14-20/h3-16H,1-2H3/b24-15+. The van der Waals surface area contributed by atoms with E-state index in [9.17, 15) is 0 Å². The van der Waals surface area contributed by atoms with Gasteiger partial charge in [0.2, 0.25) is 0 Å². The Balaban J connectivity index is 1.85. The number of hydrogen-bond acceptors (Lipinski definition) is 0. The van der Waals surface area contributed by atoms with Crippen LogP contribution >= 0.6 is 0 Å². The molecule has 0 N–H and O–H groups in total. The average Bonchev–Trinajstić information content (AvgIpc) is 2.96. The minimum atomic E-state index is 1.24. The van der Waals surface area contributed by atoms with E-state index in [1.165, 1.54) is 44.5 Å². The summed E-state index contributed by atoms with van der Waals surface area (Å²) < 4.78 is 0. The fourth-order valence-electron chi connectivity index (χ4n) is 3.20. The molecular weight excluding hydrogens is 288 g/mol. The van der Waals surface area contributed by atoms with Crippen molar-refractivity contribution in [2.75, 3.05) is 0 Å². The molecule has 4 rings (SSSR count). The molecule has 0 bridgehead atoms. The van der Waals surface area contributed by atoms with Gasteiger partial charge in [0.05, 0.1) is 0 Å². The Labute approximate surface area is 143 Å². The van der Waals surface area contributed by atoms with Crippen molar-refractivity contribution in [1.29, 1.82) is 0 Å². The van der Waals surface area contributed by atoms with E-state index in [1.54, 1.807) is 0 Å². The molecule has 0 atom stereocenters. The van der Waals surface area contributed by atoms with Crippen molar-refractivity contribution in [3.63, 3.8) is 0 Å². The summed E-state index contributed by atoms with van der Waals surface area (Å²) >= 11 is 0. The zero-order valence-electron chi connectivity index (χ0n) is 14.1. The zero-order chi connectivity index (χ0) is 16.5. The van der Waals surface area contributed by atoms with Gasteiger partial charge in [0.15, 0.2) is 0 Å². The third kappa shape index (κ3) is 2.72. The summed E-state index contributed by atoms with van der Waals surface area (Å²) in [6.07, 6.45) is 4.61. The summed E-state index contributed by atoms with van der Waals surface area (Å²) in [5, 5.41) is 0. The van der Waals surface area contributed by atoms with E-state index in [1.807, 2.05) is 0 Å². The first-order valence-electron chi connectivity index (χ1n) is 8.37. The largest absolute Gasteiger partial charge is 0.0616 e. The first-order valence-corrected chi connectivity index (χ1v) is 8.37. The molecule has 0 saturated heterocycles. The smallest absolute Gasteiger partial charge is 0.00932 e. The SMILES string of the molecule is Cc1ccc(/C=C2/C(c3ccc(C)cc3)=Cc3ccccc32)cc1. The molecule has 0 radical (unpaired) electrons. The maximum atomic E-state index is 2.31. The summed E-state index contributed by atoms with van der Waals surface area (Å²) in [6.45, 7) is 4.25. The molecule has 0 spiro atoms. The lowest BCUT2D eigenvalue weighted by Gasteiger charge is -2.09. The maximum Gasteiger partial charge on any atom is -0.00932 e. The summed E-state index contributed by atoms with van der Waals surface area (Å²) in [4.78, 5) is 0. The van der Waals surface area contributed by atoms with Crippen LogP contribution in [-0.4, -0.2) is 0 Å². The van der Waals surface area contributed by atoms with Gasteiger partial charge in [0.25, 0.3) is 0 Å². The molecule has 0 saturated carbocycles. The minimum Gasteiger partial charge on any atom is -0.0616 e. The Morgan fingerprint density at radius 1 is 0.667 bits per heavy atom. The highest BCUT2D eigenvalue weighted by molar-refractivity contribution is 6.21. The number of hydrogen-bond donors (Lipinski definition) is 0. The number of rotatable bonds is 2. The summed E-state index contributed by atoms with van der Waals surface area (Å²) in [7, 11) is 0. The van der Waals surface area contributed by atoms with Crippen molar-refractivity contribution in [2.24, 2.45) is 0 Å². The van der Waals surface area contributed by atoms with Gasteiger partial charge in [0.1, 0.15) is 0 Å². The molecule has 0 heterocycles. The first kappa shape index (κ1) is 14.7. The van der Waals surface area contributed by atoms with Crippen LogP contribution in [0, 0.1) is 13.8 Å². The zero-order valence-corrected chi connectivity index (χ0v) is 14.1. The second kappa shape index (κ2) is 5.98. The van der Waals surface area contributed by atoms with Gasteiger partial charge in [0, 0.05) is 0 Å². The van der Waals surface area contributed by atoms with Gasteiger partial charge in [-0.1, -0.05) is 83.9 Å². The Morgan fingerprint density at radius 2 is 1.29 bits per heavy atom. The van der Waals surface area contributed by atoms with Crippen molar-refractivity contribution < 1.29 is 0 Å². The van der Waals surface area contributed by atoms with Gasteiger partial charge < -0.3 is 0 Å². The first-order chi connectivity index (χ1) is 11.7. The molecule has 0 aromatic heterocycles. The lowest BCUT2D eigenvalue weighted by molar-refractivity contribution is 1.46. The van der Waals surface area contributed by atoms with Crippen LogP contribution in [0.5, 0.6) is 0 Å². The third-order valence-corrected chi connectivity index (χ3v) is 4.59. The van der Waals surface area contributed by atoms with E-state index in [-0.39, 0.29) is 0 Å². The lowest BCUT2D eigenvalue weighted by atomic mass is 9.95. The van der Waals surface area contributed by atoms with Gasteiger partial charge in [-0.25, -0.2) is 0 Å². The number of fused-ring (bicyclic) bond motifs is 1. The van der Waals surface area contributed by atoms with Gasteiger partial charge in [-0.05, 0) is 59.4 Å². The van der Waals surface area contributed by atoms with E-state index in [0.29, 0.717) is 0 Å². The molecular formula is C24H20. The Bertz CT molecular complexity index is 936. The highest BCUT2D eigenvalue weighted by atomic mass is 14.2. The van der Waals surface area contributed by atoms with Gasteiger partial charge in [-0.15, -0.1) is 0 Å². The van der Waals surface area contributed by atoms with E-state index in [0.717, 1.165) is 0 Å². The Morgan fingerprint density at radius 3 is 2.00 bits per heavy atom. The van der Waals surface area contributed by atoms with E-state index in [4.69, 9.17) is 0 Å². The summed E-state index contributed by atoms with van der Waals surface area (Å²) in [5.41, 5.74) is 10.3. The Kier molecular flexibility index (Phi) is 3.66. The molecule has 1 aliphatic carbocycles. The molecule has 0 fully saturated rings. The predicted molar refractivity (Wildman–Crippen MR) is 105 cm³/mol. The van der Waals surface area contributed by atoms with E-state index >= 15 is 0 Å². The van der Waals surface area contributed by atoms with Crippen LogP contribution in [-0.2, 0) is 0 Å². The molecule has 116 valence electrons.